The molecule has 3 nitrogen and oxygen atoms in total. The van der Waals surface area contributed by atoms with Crippen LogP contribution in [0.2, 0.25) is 0 Å². The van der Waals surface area contributed by atoms with E-state index in [4.69, 9.17) is 10.2 Å². The molecular formula is C11H13ClNO2-. The van der Waals surface area contributed by atoms with Crippen LogP contribution < -0.4 is 18.1 Å². The van der Waals surface area contributed by atoms with Crippen molar-refractivity contribution < 1.29 is 21.9 Å². The normalized spacial score (nSPS) is 12.5. The van der Waals surface area contributed by atoms with Gasteiger partial charge in [0.05, 0.1) is 0 Å². The minimum absolute atomic E-state index is 0. The van der Waals surface area contributed by atoms with Crippen LogP contribution in [0.5, 0.6) is 5.75 Å². The number of halogens is 1. The Kier molecular flexibility index (Phi) is 3.27. The van der Waals surface area contributed by atoms with Crippen LogP contribution in [0.1, 0.15) is 24.3 Å². The number of aromatic hydroxyl groups is 1. The van der Waals surface area contributed by atoms with Crippen LogP contribution in [-0.4, -0.2) is 5.11 Å². The van der Waals surface area contributed by atoms with E-state index in [-0.39, 0.29) is 24.2 Å². The molecule has 1 heterocycles. The third-order valence-corrected chi connectivity index (χ3v) is 2.35. The molecule has 0 bridgehead atoms. The lowest BCUT2D eigenvalue weighted by molar-refractivity contribution is -0.00000476. The molecule has 0 saturated carbocycles. The quantitative estimate of drug-likeness (QED) is 0.688. The van der Waals surface area contributed by atoms with Crippen molar-refractivity contribution in [3.05, 3.63) is 29.5 Å². The summed E-state index contributed by atoms with van der Waals surface area (Å²) < 4.78 is 5.52. The maximum atomic E-state index is 9.36. The lowest BCUT2D eigenvalue weighted by atomic mass is 10.1. The molecule has 0 aliphatic heterocycles. The van der Waals surface area contributed by atoms with Crippen LogP contribution in [0.3, 0.4) is 0 Å². The standard InChI is InChI=1S/C11H13NO2.ClH/c1-6(12)11-7(2)14-10-4-3-8(13)5-9(10)11;/h3-6,13H,12H2,1-2H3;1H/p-1. The topological polar surface area (TPSA) is 59.4 Å². The molecule has 0 radical (unpaired) electrons. The first-order valence-electron chi connectivity index (χ1n) is 4.57. The van der Waals surface area contributed by atoms with Gasteiger partial charge in [0.25, 0.3) is 0 Å². The second kappa shape index (κ2) is 4.13. The van der Waals surface area contributed by atoms with Gasteiger partial charge in [-0.05, 0) is 32.0 Å². The third-order valence-electron chi connectivity index (χ3n) is 2.35. The summed E-state index contributed by atoms with van der Waals surface area (Å²) in [5.41, 5.74) is 7.57. The first-order chi connectivity index (χ1) is 6.59. The van der Waals surface area contributed by atoms with Crippen molar-refractivity contribution >= 4 is 11.0 Å². The average Bonchev–Trinajstić information content (AvgIpc) is 2.40. The van der Waals surface area contributed by atoms with Crippen molar-refractivity contribution in [2.45, 2.75) is 19.9 Å². The van der Waals surface area contributed by atoms with E-state index in [0.717, 1.165) is 22.3 Å². The lowest BCUT2D eigenvalue weighted by Crippen LogP contribution is -3.00. The van der Waals surface area contributed by atoms with E-state index in [1.807, 2.05) is 13.8 Å². The van der Waals surface area contributed by atoms with Gasteiger partial charge in [-0.25, -0.2) is 0 Å². The molecule has 1 atom stereocenters. The van der Waals surface area contributed by atoms with E-state index in [1.165, 1.54) is 0 Å². The molecule has 1 aromatic heterocycles. The first kappa shape index (κ1) is 11.9. The Labute approximate surface area is 94.3 Å². The van der Waals surface area contributed by atoms with E-state index in [1.54, 1.807) is 18.2 Å². The summed E-state index contributed by atoms with van der Waals surface area (Å²) in [5, 5.41) is 10.3. The van der Waals surface area contributed by atoms with E-state index in [0.29, 0.717) is 0 Å². The smallest absolute Gasteiger partial charge is 0.134 e. The van der Waals surface area contributed by atoms with Gasteiger partial charge in [-0.1, -0.05) is 0 Å². The van der Waals surface area contributed by atoms with Gasteiger partial charge in [0.2, 0.25) is 0 Å². The van der Waals surface area contributed by atoms with Crippen molar-refractivity contribution in [2.75, 3.05) is 0 Å². The summed E-state index contributed by atoms with van der Waals surface area (Å²) in [6, 6.07) is 4.96. The SMILES string of the molecule is Cc1oc2ccc(O)cc2c1C(C)N.[Cl-]. The van der Waals surface area contributed by atoms with Gasteiger partial charge in [-0.15, -0.1) is 0 Å². The third kappa shape index (κ3) is 1.94. The highest BCUT2D eigenvalue weighted by atomic mass is 35.5. The van der Waals surface area contributed by atoms with Gasteiger partial charge >= 0.3 is 0 Å². The van der Waals surface area contributed by atoms with Crippen molar-refractivity contribution in [3.8, 4) is 5.75 Å². The highest BCUT2D eigenvalue weighted by molar-refractivity contribution is 5.84. The van der Waals surface area contributed by atoms with E-state index in [2.05, 4.69) is 0 Å². The van der Waals surface area contributed by atoms with Gasteiger partial charge in [0, 0.05) is 17.0 Å². The number of phenolic OH excluding ortho intramolecular Hbond substituents is 1. The molecule has 0 amide bonds. The summed E-state index contributed by atoms with van der Waals surface area (Å²) in [6.07, 6.45) is 0. The molecular weight excluding hydrogens is 214 g/mol. The number of phenols is 1. The zero-order valence-electron chi connectivity index (χ0n) is 8.62. The van der Waals surface area contributed by atoms with Crippen molar-refractivity contribution in [1.29, 1.82) is 0 Å². The molecule has 2 rings (SSSR count). The van der Waals surface area contributed by atoms with Gasteiger partial charge in [-0.3, -0.25) is 0 Å². The summed E-state index contributed by atoms with van der Waals surface area (Å²) >= 11 is 0. The Morgan fingerprint density at radius 1 is 1.40 bits per heavy atom. The highest BCUT2D eigenvalue weighted by Gasteiger charge is 2.14. The Balaban J connectivity index is 0.00000112. The van der Waals surface area contributed by atoms with Crippen LogP contribution in [-0.2, 0) is 0 Å². The van der Waals surface area contributed by atoms with Crippen LogP contribution in [0, 0.1) is 6.92 Å². The predicted octanol–water partition coefficient (Wildman–Crippen LogP) is -0.529. The molecule has 3 N–H and O–H groups in total. The fraction of sp³-hybridized carbons (Fsp3) is 0.273. The second-order valence-electron chi connectivity index (χ2n) is 3.54. The monoisotopic (exact) mass is 226 g/mol. The Hall–Kier alpha value is -1.19. The maximum Gasteiger partial charge on any atom is 0.134 e. The average molecular weight is 227 g/mol. The maximum absolute atomic E-state index is 9.36. The summed E-state index contributed by atoms with van der Waals surface area (Å²) in [4.78, 5) is 0. The number of aryl methyl sites for hydroxylation is 1. The zero-order valence-corrected chi connectivity index (χ0v) is 9.38. The van der Waals surface area contributed by atoms with E-state index < -0.39 is 0 Å². The zero-order chi connectivity index (χ0) is 10.3. The number of hydrogen-bond donors (Lipinski definition) is 2. The van der Waals surface area contributed by atoms with Gasteiger partial charge < -0.3 is 27.7 Å². The minimum atomic E-state index is -0.0851. The van der Waals surface area contributed by atoms with E-state index >= 15 is 0 Å². The van der Waals surface area contributed by atoms with Crippen molar-refractivity contribution in [3.63, 3.8) is 0 Å². The van der Waals surface area contributed by atoms with Crippen LogP contribution >= 0.6 is 0 Å². The number of furan rings is 1. The summed E-state index contributed by atoms with van der Waals surface area (Å²) in [5.74, 6) is 1.06. The number of hydrogen-bond acceptors (Lipinski definition) is 3. The molecule has 0 saturated heterocycles. The van der Waals surface area contributed by atoms with E-state index in [9.17, 15) is 5.11 Å². The summed E-state index contributed by atoms with van der Waals surface area (Å²) in [6.45, 7) is 3.79. The minimum Gasteiger partial charge on any atom is -1.00 e. The molecule has 2 aromatic rings. The molecule has 1 unspecified atom stereocenters. The number of nitrogens with two attached hydrogens (primary N) is 1. The fourth-order valence-corrected chi connectivity index (χ4v) is 1.79. The molecule has 4 heteroatoms. The van der Waals surface area contributed by atoms with Gasteiger partial charge in [0.1, 0.15) is 17.1 Å². The Bertz CT molecular complexity index is 477. The predicted molar refractivity (Wildman–Crippen MR) is 55.2 cm³/mol. The van der Waals surface area contributed by atoms with Crippen molar-refractivity contribution in [2.24, 2.45) is 5.73 Å². The van der Waals surface area contributed by atoms with Crippen LogP contribution in [0.25, 0.3) is 11.0 Å². The molecule has 1 aromatic carbocycles. The Morgan fingerprint density at radius 2 is 2.07 bits per heavy atom. The number of fused-ring (bicyclic) bond motifs is 1. The molecule has 82 valence electrons. The molecule has 0 fully saturated rings. The molecule has 0 aliphatic carbocycles. The van der Waals surface area contributed by atoms with Crippen LogP contribution in [0.15, 0.2) is 22.6 Å². The fourth-order valence-electron chi connectivity index (χ4n) is 1.79. The number of rotatable bonds is 1. The van der Waals surface area contributed by atoms with Gasteiger partial charge in [-0.2, -0.15) is 0 Å². The molecule has 15 heavy (non-hydrogen) atoms. The first-order valence-corrected chi connectivity index (χ1v) is 4.57. The largest absolute Gasteiger partial charge is 1.00 e. The molecule has 0 aliphatic rings. The van der Waals surface area contributed by atoms with Crippen molar-refractivity contribution in [1.82, 2.24) is 0 Å². The molecule has 0 spiro atoms. The lowest BCUT2D eigenvalue weighted by Gasteiger charge is -2.03. The Morgan fingerprint density at radius 3 is 2.67 bits per heavy atom. The van der Waals surface area contributed by atoms with Gasteiger partial charge in [0.15, 0.2) is 0 Å². The van der Waals surface area contributed by atoms with Crippen LogP contribution in [0.4, 0.5) is 0 Å². The number of benzene rings is 1. The highest BCUT2D eigenvalue weighted by Crippen LogP contribution is 2.31. The summed E-state index contributed by atoms with van der Waals surface area (Å²) in [7, 11) is 0. The second-order valence-corrected chi connectivity index (χ2v) is 3.54.